The van der Waals surface area contributed by atoms with Crippen LogP contribution >= 0.6 is 0 Å². The Morgan fingerprint density at radius 3 is 2.55 bits per heavy atom. The summed E-state index contributed by atoms with van der Waals surface area (Å²) in [7, 11) is 0. The van der Waals surface area contributed by atoms with Crippen molar-refractivity contribution in [3.63, 3.8) is 0 Å². The van der Waals surface area contributed by atoms with E-state index in [1.807, 2.05) is 0 Å². The van der Waals surface area contributed by atoms with E-state index in [-0.39, 0.29) is 22.9 Å². The van der Waals surface area contributed by atoms with Crippen LogP contribution < -0.4 is 5.32 Å². The molecule has 0 unspecified atom stereocenters. The van der Waals surface area contributed by atoms with E-state index in [4.69, 9.17) is 5.11 Å². The second kappa shape index (κ2) is 4.79. The lowest BCUT2D eigenvalue weighted by molar-refractivity contribution is -0.159. The summed E-state index contributed by atoms with van der Waals surface area (Å²) < 4.78 is 41.0. The zero-order chi connectivity index (χ0) is 14.9. The van der Waals surface area contributed by atoms with Crippen molar-refractivity contribution in [1.82, 2.24) is 15.1 Å². The van der Waals surface area contributed by atoms with Crippen LogP contribution in [0.15, 0.2) is 16.7 Å². The molecule has 0 radical (unpaired) electrons. The largest absolute Gasteiger partial charge is 0.471 e. The summed E-state index contributed by atoms with van der Waals surface area (Å²) >= 11 is 0. The summed E-state index contributed by atoms with van der Waals surface area (Å²) in [6.07, 6.45) is -6.01. The molecular formula is C10H7F3N4O3. The Morgan fingerprint density at radius 1 is 1.35 bits per heavy atom. The number of rotatable bonds is 2. The highest BCUT2D eigenvalue weighted by atomic mass is 19.4. The van der Waals surface area contributed by atoms with Crippen molar-refractivity contribution in [2.75, 3.05) is 5.32 Å². The lowest BCUT2D eigenvalue weighted by Crippen LogP contribution is -2.09. The summed E-state index contributed by atoms with van der Waals surface area (Å²) in [5.41, 5.74) is 0.515. The minimum atomic E-state index is -4.73. The molecule has 0 bridgehead atoms. The van der Waals surface area contributed by atoms with Crippen molar-refractivity contribution >= 4 is 11.8 Å². The van der Waals surface area contributed by atoms with Gasteiger partial charge >= 0.3 is 18.2 Å². The highest BCUT2D eigenvalue weighted by Gasteiger charge is 2.38. The summed E-state index contributed by atoms with van der Waals surface area (Å²) in [6, 6.07) is 2.62. The van der Waals surface area contributed by atoms with Crippen molar-refractivity contribution in [3.8, 4) is 11.5 Å². The highest BCUT2D eigenvalue weighted by molar-refractivity contribution is 5.83. The normalized spacial score (nSPS) is 11.4. The van der Waals surface area contributed by atoms with Crippen LogP contribution in [0, 0.1) is 6.92 Å². The number of nitrogens with zero attached hydrogens (tertiary/aromatic N) is 3. The van der Waals surface area contributed by atoms with Gasteiger partial charge in [0.2, 0.25) is 5.82 Å². The van der Waals surface area contributed by atoms with Gasteiger partial charge in [-0.1, -0.05) is 5.16 Å². The van der Waals surface area contributed by atoms with Crippen molar-refractivity contribution in [3.05, 3.63) is 23.7 Å². The number of aryl methyl sites for hydroxylation is 1. The Labute approximate surface area is 109 Å². The molecule has 0 spiro atoms. The summed E-state index contributed by atoms with van der Waals surface area (Å²) in [5, 5.41) is 13.8. The smallest absolute Gasteiger partial charge is 0.465 e. The van der Waals surface area contributed by atoms with Gasteiger partial charge in [0.05, 0.1) is 11.4 Å². The third kappa shape index (κ3) is 2.84. The van der Waals surface area contributed by atoms with E-state index in [0.717, 1.165) is 0 Å². The standard InChI is InChI=1S/C10H7F3N4O3/c1-4-5(15-9(18)19)2-3-6(14-4)7-16-8(20-17-7)10(11,12)13/h2-3,15H,1H3,(H,18,19). The molecule has 7 nitrogen and oxygen atoms in total. The molecule has 2 rings (SSSR count). The summed E-state index contributed by atoms with van der Waals surface area (Å²) in [4.78, 5) is 17.6. The Morgan fingerprint density at radius 2 is 2.05 bits per heavy atom. The minimum Gasteiger partial charge on any atom is -0.465 e. The van der Waals surface area contributed by atoms with E-state index in [1.54, 1.807) is 0 Å². The first-order valence-corrected chi connectivity index (χ1v) is 5.16. The van der Waals surface area contributed by atoms with Crippen LogP contribution in [0.2, 0.25) is 0 Å². The molecule has 1 amide bonds. The molecule has 2 aromatic heterocycles. The topological polar surface area (TPSA) is 101 Å². The zero-order valence-electron chi connectivity index (χ0n) is 9.89. The van der Waals surface area contributed by atoms with Gasteiger partial charge in [-0.3, -0.25) is 5.32 Å². The van der Waals surface area contributed by atoms with Crippen LogP contribution in [0.3, 0.4) is 0 Å². The van der Waals surface area contributed by atoms with Gasteiger partial charge in [-0.2, -0.15) is 18.2 Å². The summed E-state index contributed by atoms with van der Waals surface area (Å²) in [6.45, 7) is 1.49. The molecule has 0 saturated carbocycles. The molecular weight excluding hydrogens is 281 g/mol. The van der Waals surface area contributed by atoms with Crippen LogP contribution in [0.4, 0.5) is 23.7 Å². The van der Waals surface area contributed by atoms with Crippen molar-refractivity contribution < 1.29 is 27.6 Å². The van der Waals surface area contributed by atoms with E-state index in [0.29, 0.717) is 0 Å². The number of nitrogens with one attached hydrogen (secondary N) is 1. The van der Waals surface area contributed by atoms with Gasteiger partial charge in [-0.25, -0.2) is 9.78 Å². The van der Waals surface area contributed by atoms with Gasteiger partial charge in [0.25, 0.3) is 0 Å². The number of hydrogen-bond donors (Lipinski definition) is 2. The molecule has 0 atom stereocenters. The average molecular weight is 288 g/mol. The molecule has 2 heterocycles. The van der Waals surface area contributed by atoms with Crippen LogP contribution in [0.25, 0.3) is 11.5 Å². The predicted octanol–water partition coefficient (Wildman–Crippen LogP) is 2.55. The van der Waals surface area contributed by atoms with Crippen molar-refractivity contribution in [2.24, 2.45) is 0 Å². The molecule has 0 aliphatic heterocycles. The number of anilines is 1. The van der Waals surface area contributed by atoms with Crippen LogP contribution in [0.5, 0.6) is 0 Å². The third-order valence-corrected chi connectivity index (χ3v) is 2.23. The van der Waals surface area contributed by atoms with E-state index >= 15 is 0 Å². The van der Waals surface area contributed by atoms with E-state index in [1.165, 1.54) is 19.1 Å². The first-order valence-electron chi connectivity index (χ1n) is 5.16. The molecule has 0 aliphatic carbocycles. The fourth-order valence-corrected chi connectivity index (χ4v) is 1.38. The van der Waals surface area contributed by atoms with Gasteiger partial charge in [0.15, 0.2) is 0 Å². The van der Waals surface area contributed by atoms with Crippen molar-refractivity contribution in [1.29, 1.82) is 0 Å². The average Bonchev–Trinajstić information content (AvgIpc) is 2.80. The zero-order valence-corrected chi connectivity index (χ0v) is 9.89. The molecule has 0 aromatic carbocycles. The number of carboxylic acid groups (broad SMARTS) is 1. The Bertz CT molecular complexity index is 653. The fraction of sp³-hybridized carbons (Fsp3) is 0.200. The number of pyridine rings is 1. The molecule has 0 saturated heterocycles. The quantitative estimate of drug-likeness (QED) is 0.880. The monoisotopic (exact) mass is 288 g/mol. The lowest BCUT2D eigenvalue weighted by atomic mass is 10.2. The Balaban J connectivity index is 2.32. The van der Waals surface area contributed by atoms with Gasteiger partial charge < -0.3 is 9.63 Å². The molecule has 106 valence electrons. The maximum Gasteiger partial charge on any atom is 0.471 e. The molecule has 0 aliphatic rings. The minimum absolute atomic E-state index is 0.0395. The summed E-state index contributed by atoms with van der Waals surface area (Å²) in [5.74, 6) is -1.80. The molecule has 2 aromatic rings. The number of amides is 1. The highest BCUT2D eigenvalue weighted by Crippen LogP contribution is 2.29. The second-order valence-electron chi connectivity index (χ2n) is 3.68. The predicted molar refractivity (Wildman–Crippen MR) is 58.9 cm³/mol. The van der Waals surface area contributed by atoms with Gasteiger partial charge in [0, 0.05) is 0 Å². The SMILES string of the molecule is Cc1nc(-c2noc(C(F)(F)F)n2)ccc1NC(=O)O. The van der Waals surface area contributed by atoms with E-state index in [2.05, 4.69) is 25.0 Å². The number of hydrogen-bond acceptors (Lipinski definition) is 5. The maximum atomic E-state index is 12.3. The van der Waals surface area contributed by atoms with E-state index in [9.17, 15) is 18.0 Å². The molecule has 20 heavy (non-hydrogen) atoms. The van der Waals surface area contributed by atoms with Gasteiger partial charge in [-0.05, 0) is 19.1 Å². The maximum absolute atomic E-state index is 12.3. The van der Waals surface area contributed by atoms with Gasteiger partial charge in [0.1, 0.15) is 5.69 Å². The van der Waals surface area contributed by atoms with E-state index < -0.39 is 18.2 Å². The first kappa shape index (κ1) is 13.8. The number of halogens is 3. The molecule has 10 heteroatoms. The van der Waals surface area contributed by atoms with Crippen LogP contribution in [-0.2, 0) is 6.18 Å². The van der Waals surface area contributed by atoms with Gasteiger partial charge in [-0.15, -0.1) is 0 Å². The van der Waals surface area contributed by atoms with Crippen molar-refractivity contribution in [2.45, 2.75) is 13.1 Å². The number of alkyl halides is 3. The first-order chi connectivity index (χ1) is 9.27. The second-order valence-corrected chi connectivity index (χ2v) is 3.68. The van der Waals surface area contributed by atoms with Crippen LogP contribution in [-0.4, -0.2) is 26.3 Å². The lowest BCUT2D eigenvalue weighted by Gasteiger charge is -2.04. The number of aromatic nitrogens is 3. The Kier molecular flexibility index (Phi) is 3.30. The molecule has 2 N–H and O–H groups in total. The fourth-order valence-electron chi connectivity index (χ4n) is 1.38. The number of carbonyl (C=O) groups is 1. The third-order valence-electron chi connectivity index (χ3n) is 2.23. The molecule has 0 fully saturated rings. The Hall–Kier alpha value is -2.65. The van der Waals surface area contributed by atoms with Crippen LogP contribution in [0.1, 0.15) is 11.6 Å².